The third-order valence-electron chi connectivity index (χ3n) is 4.01. The number of nitrogens with zero attached hydrogens (tertiary/aromatic N) is 2. The first-order valence-corrected chi connectivity index (χ1v) is 9.76. The molecule has 0 radical (unpaired) electrons. The summed E-state index contributed by atoms with van der Waals surface area (Å²) in [5.41, 5.74) is 1.61. The summed E-state index contributed by atoms with van der Waals surface area (Å²) >= 11 is 7.70. The molecule has 0 aliphatic heterocycles. The van der Waals surface area contributed by atoms with Crippen molar-refractivity contribution in [3.05, 3.63) is 57.9 Å². The molecule has 1 heterocycles. The van der Waals surface area contributed by atoms with E-state index >= 15 is 0 Å². The number of halogens is 1. The number of methoxy groups -OCH3 is 3. The Kier molecular flexibility index (Phi) is 6.46. The number of ether oxygens (including phenoxy) is 3. The van der Waals surface area contributed by atoms with Crippen molar-refractivity contribution in [3.8, 4) is 17.2 Å². The highest BCUT2D eigenvalue weighted by atomic mass is 35.5. The van der Waals surface area contributed by atoms with Crippen molar-refractivity contribution in [2.24, 2.45) is 4.99 Å². The van der Waals surface area contributed by atoms with E-state index in [0.29, 0.717) is 33.7 Å². The largest absolute Gasteiger partial charge is 0.497 e. The summed E-state index contributed by atoms with van der Waals surface area (Å²) in [5, 5.41) is 12.0. The van der Waals surface area contributed by atoms with E-state index in [-0.39, 0.29) is 0 Å². The van der Waals surface area contributed by atoms with Gasteiger partial charge in [0.2, 0.25) is 5.96 Å². The molecule has 1 aromatic heterocycles. The molecule has 3 rings (SSSR count). The van der Waals surface area contributed by atoms with E-state index < -0.39 is 0 Å². The van der Waals surface area contributed by atoms with Gasteiger partial charge < -0.3 is 19.5 Å². The van der Waals surface area contributed by atoms with E-state index in [1.165, 1.54) is 18.6 Å². The third kappa shape index (κ3) is 4.72. The Bertz CT molecular complexity index is 1090. The predicted octanol–water partition coefficient (Wildman–Crippen LogP) is 4.66. The van der Waals surface area contributed by atoms with Crippen LogP contribution in [-0.4, -0.2) is 31.2 Å². The second-order valence-electron chi connectivity index (χ2n) is 5.97. The van der Waals surface area contributed by atoms with Crippen LogP contribution in [0.1, 0.15) is 4.88 Å². The van der Waals surface area contributed by atoms with Gasteiger partial charge in [-0.25, -0.2) is 8.95 Å². The van der Waals surface area contributed by atoms with Gasteiger partial charge in [-0.15, -0.1) is 0 Å². The number of hydrogen-bond donors (Lipinski definition) is 2. The van der Waals surface area contributed by atoms with Crippen LogP contribution in [0, 0.1) is 12.3 Å². The molecule has 0 saturated carbocycles. The zero-order valence-electron chi connectivity index (χ0n) is 16.4. The van der Waals surface area contributed by atoms with Gasteiger partial charge in [0.05, 0.1) is 26.4 Å². The van der Waals surface area contributed by atoms with E-state index in [9.17, 15) is 0 Å². The van der Waals surface area contributed by atoms with Gasteiger partial charge in [-0.3, -0.25) is 5.41 Å². The highest BCUT2D eigenvalue weighted by Crippen LogP contribution is 2.37. The molecule has 0 unspecified atom stereocenters. The number of aromatic nitrogens is 1. The van der Waals surface area contributed by atoms with Crippen molar-refractivity contribution in [1.82, 2.24) is 3.96 Å². The first-order valence-electron chi connectivity index (χ1n) is 8.61. The molecule has 9 heteroatoms. The average Bonchev–Trinajstić information content (AvgIpc) is 3.06. The van der Waals surface area contributed by atoms with Gasteiger partial charge in [-0.1, -0.05) is 23.1 Å². The smallest absolute Gasteiger partial charge is 0.223 e. The molecule has 7 nitrogen and oxygen atoms in total. The number of aliphatic imine (C=N–C) groups is 1. The van der Waals surface area contributed by atoms with Crippen LogP contribution >= 0.6 is 23.1 Å². The van der Waals surface area contributed by atoms with Crippen LogP contribution in [0.5, 0.6) is 17.2 Å². The van der Waals surface area contributed by atoms with Crippen molar-refractivity contribution in [1.29, 1.82) is 5.41 Å². The lowest BCUT2D eigenvalue weighted by molar-refractivity contribution is 0.395. The predicted molar refractivity (Wildman–Crippen MR) is 117 cm³/mol. The van der Waals surface area contributed by atoms with Crippen molar-refractivity contribution in [2.45, 2.75) is 6.92 Å². The monoisotopic (exact) mass is 432 g/mol. The van der Waals surface area contributed by atoms with Gasteiger partial charge in [-0.05, 0) is 43.3 Å². The standard InChI is InChI=1S/C20H21ClN4O3S/c1-12-9-19(22)25(29-12)20(23-13-5-7-14(26-2)8-6-13)24-16-10-15(21)17(27-3)11-18(16)28-4/h5-11,22H,1-4H3,(H,23,24). The van der Waals surface area contributed by atoms with E-state index in [2.05, 4.69) is 5.32 Å². The Morgan fingerprint density at radius 2 is 1.72 bits per heavy atom. The van der Waals surface area contributed by atoms with Crippen LogP contribution in [0.3, 0.4) is 0 Å². The molecule has 0 spiro atoms. The van der Waals surface area contributed by atoms with Gasteiger partial charge in [0.15, 0.2) is 0 Å². The Morgan fingerprint density at radius 3 is 2.28 bits per heavy atom. The fourth-order valence-electron chi connectivity index (χ4n) is 2.60. The zero-order valence-corrected chi connectivity index (χ0v) is 18.0. The Hall–Kier alpha value is -2.97. The van der Waals surface area contributed by atoms with Crippen molar-refractivity contribution < 1.29 is 14.2 Å². The number of rotatable bonds is 5. The topological polar surface area (TPSA) is 80.9 Å². The number of hydrogen-bond acceptors (Lipinski definition) is 6. The molecule has 29 heavy (non-hydrogen) atoms. The molecule has 0 amide bonds. The second kappa shape index (κ2) is 9.02. The van der Waals surface area contributed by atoms with E-state index in [1.54, 1.807) is 36.4 Å². The SMILES string of the molecule is COc1ccc(NC(=Nc2cc(Cl)c(OC)cc2OC)n2sc(C)cc2=N)cc1. The summed E-state index contributed by atoms with van der Waals surface area (Å²) in [6.45, 7) is 1.94. The molecule has 0 fully saturated rings. The summed E-state index contributed by atoms with van der Waals surface area (Å²) < 4.78 is 17.6. The fourth-order valence-corrected chi connectivity index (χ4v) is 3.61. The summed E-state index contributed by atoms with van der Waals surface area (Å²) in [4.78, 5) is 5.70. The number of benzene rings is 2. The summed E-state index contributed by atoms with van der Waals surface area (Å²) in [7, 11) is 4.71. The Labute approximate surface area is 177 Å². The quantitative estimate of drug-likeness (QED) is 0.453. The molecule has 0 atom stereocenters. The van der Waals surface area contributed by atoms with E-state index in [1.807, 2.05) is 31.2 Å². The first kappa shape index (κ1) is 20.8. The molecular formula is C20H21ClN4O3S. The Morgan fingerprint density at radius 1 is 1.03 bits per heavy atom. The zero-order chi connectivity index (χ0) is 21.0. The lowest BCUT2D eigenvalue weighted by Gasteiger charge is -2.13. The minimum absolute atomic E-state index is 0.311. The molecule has 152 valence electrons. The maximum atomic E-state index is 8.28. The van der Waals surface area contributed by atoms with Crippen molar-refractivity contribution in [2.75, 3.05) is 26.6 Å². The van der Waals surface area contributed by atoms with Crippen LogP contribution in [0.15, 0.2) is 47.5 Å². The van der Waals surface area contributed by atoms with Gasteiger partial charge in [-0.2, -0.15) is 0 Å². The number of aryl methyl sites for hydroxylation is 1. The lowest BCUT2D eigenvalue weighted by Crippen LogP contribution is -2.28. The molecule has 0 saturated heterocycles. The van der Waals surface area contributed by atoms with Gasteiger partial charge in [0, 0.05) is 16.6 Å². The Balaban J connectivity index is 2.11. The van der Waals surface area contributed by atoms with Crippen LogP contribution < -0.4 is 25.0 Å². The lowest BCUT2D eigenvalue weighted by atomic mass is 10.2. The molecule has 0 aliphatic rings. The molecule has 0 aliphatic carbocycles. The maximum absolute atomic E-state index is 8.28. The molecular weight excluding hydrogens is 412 g/mol. The molecule has 2 N–H and O–H groups in total. The summed E-state index contributed by atoms with van der Waals surface area (Å²) in [6, 6.07) is 12.5. The number of nitrogens with one attached hydrogen (secondary N) is 2. The fraction of sp³-hybridized carbons (Fsp3) is 0.200. The number of anilines is 1. The van der Waals surface area contributed by atoms with Gasteiger partial charge in [0.25, 0.3) is 0 Å². The van der Waals surface area contributed by atoms with Gasteiger partial charge in [0.1, 0.15) is 28.4 Å². The maximum Gasteiger partial charge on any atom is 0.223 e. The van der Waals surface area contributed by atoms with Crippen LogP contribution in [-0.2, 0) is 0 Å². The van der Waals surface area contributed by atoms with Crippen molar-refractivity contribution in [3.63, 3.8) is 0 Å². The highest BCUT2D eigenvalue weighted by Gasteiger charge is 2.13. The first-order chi connectivity index (χ1) is 13.9. The minimum Gasteiger partial charge on any atom is -0.497 e. The summed E-state index contributed by atoms with van der Waals surface area (Å²) in [6.07, 6.45) is 0. The van der Waals surface area contributed by atoms with Crippen LogP contribution in [0.25, 0.3) is 0 Å². The van der Waals surface area contributed by atoms with Crippen LogP contribution in [0.4, 0.5) is 11.4 Å². The van der Waals surface area contributed by atoms with Gasteiger partial charge >= 0.3 is 0 Å². The van der Waals surface area contributed by atoms with Crippen LogP contribution in [0.2, 0.25) is 5.02 Å². The second-order valence-corrected chi connectivity index (χ2v) is 7.57. The van der Waals surface area contributed by atoms with E-state index in [0.717, 1.165) is 16.3 Å². The normalized spacial score (nSPS) is 11.3. The molecule has 2 aromatic carbocycles. The molecule has 0 bridgehead atoms. The summed E-state index contributed by atoms with van der Waals surface area (Å²) in [5.74, 6) is 2.19. The van der Waals surface area contributed by atoms with Crippen molar-refractivity contribution >= 4 is 40.5 Å². The average molecular weight is 433 g/mol. The minimum atomic E-state index is 0.311. The third-order valence-corrected chi connectivity index (χ3v) is 5.27. The molecule has 3 aromatic rings. The highest BCUT2D eigenvalue weighted by molar-refractivity contribution is 7.07. The van der Waals surface area contributed by atoms with E-state index in [4.69, 9.17) is 36.2 Å².